The van der Waals surface area contributed by atoms with Gasteiger partial charge < -0.3 is 10.4 Å². The highest BCUT2D eigenvalue weighted by atomic mass is 32.1. The number of nitrogens with one attached hydrogen (secondary N) is 1. The summed E-state index contributed by atoms with van der Waals surface area (Å²) in [7, 11) is 1.84. The van der Waals surface area contributed by atoms with Crippen LogP contribution >= 0.6 is 11.3 Å². The second-order valence-electron chi connectivity index (χ2n) is 5.61. The quantitative estimate of drug-likeness (QED) is 0.855. The first-order chi connectivity index (χ1) is 9.38. The Morgan fingerprint density at radius 3 is 2.80 bits per heavy atom. The molecule has 0 saturated carbocycles. The first-order valence-electron chi connectivity index (χ1n) is 6.75. The Hall–Kier alpha value is -1.24. The Morgan fingerprint density at radius 2 is 2.25 bits per heavy atom. The van der Waals surface area contributed by atoms with Crippen LogP contribution in [0.1, 0.15) is 43.0 Å². The largest absolute Gasteiger partial charge is 0.384 e. The minimum absolute atomic E-state index is 0.465. The van der Waals surface area contributed by atoms with Gasteiger partial charge in [0.05, 0.1) is 16.9 Å². The molecule has 0 radical (unpaired) electrons. The van der Waals surface area contributed by atoms with Crippen molar-refractivity contribution in [3.05, 3.63) is 34.0 Å². The summed E-state index contributed by atoms with van der Waals surface area (Å²) in [6.45, 7) is 7.21. The van der Waals surface area contributed by atoms with E-state index in [-0.39, 0.29) is 0 Å². The van der Waals surface area contributed by atoms with Gasteiger partial charge in [-0.05, 0) is 6.92 Å². The molecule has 1 atom stereocenters. The van der Waals surface area contributed by atoms with E-state index in [0.717, 1.165) is 16.3 Å². The maximum atomic E-state index is 10.4. The van der Waals surface area contributed by atoms with Gasteiger partial charge in [0.2, 0.25) is 0 Å². The van der Waals surface area contributed by atoms with E-state index in [2.05, 4.69) is 34.6 Å². The fraction of sp³-hybridized carbons (Fsp3) is 0.571. The van der Waals surface area contributed by atoms with Crippen molar-refractivity contribution in [2.24, 2.45) is 7.05 Å². The van der Waals surface area contributed by atoms with Gasteiger partial charge >= 0.3 is 0 Å². The molecule has 0 saturated heterocycles. The molecule has 0 amide bonds. The Morgan fingerprint density at radius 1 is 1.50 bits per heavy atom. The van der Waals surface area contributed by atoms with Crippen LogP contribution < -0.4 is 5.32 Å². The molecule has 0 fully saturated rings. The van der Waals surface area contributed by atoms with Crippen LogP contribution in [0.25, 0.3) is 0 Å². The lowest BCUT2D eigenvalue weighted by molar-refractivity contribution is 0.0565. The second kappa shape index (κ2) is 6.03. The molecule has 110 valence electrons. The Bertz CT molecular complexity index is 559. The molecule has 0 aliphatic heterocycles. The van der Waals surface area contributed by atoms with Gasteiger partial charge in [-0.1, -0.05) is 13.8 Å². The predicted octanol–water partition coefficient (Wildman–Crippen LogP) is 2.00. The molecular formula is C14H22N4OS. The van der Waals surface area contributed by atoms with Crippen molar-refractivity contribution in [2.75, 3.05) is 6.54 Å². The first-order valence-corrected chi connectivity index (χ1v) is 7.63. The summed E-state index contributed by atoms with van der Waals surface area (Å²) in [4.78, 5) is 4.56. The lowest BCUT2D eigenvalue weighted by Gasteiger charge is -2.22. The van der Waals surface area contributed by atoms with Crippen molar-refractivity contribution in [2.45, 2.75) is 38.8 Å². The summed E-state index contributed by atoms with van der Waals surface area (Å²) in [5.41, 5.74) is 0.917. The monoisotopic (exact) mass is 294 g/mol. The fourth-order valence-electron chi connectivity index (χ4n) is 1.90. The van der Waals surface area contributed by atoms with E-state index in [1.54, 1.807) is 29.1 Å². The van der Waals surface area contributed by atoms with E-state index in [0.29, 0.717) is 19.0 Å². The van der Waals surface area contributed by atoms with E-state index in [9.17, 15) is 5.11 Å². The number of hydrogen-bond acceptors (Lipinski definition) is 5. The minimum Gasteiger partial charge on any atom is -0.384 e. The average molecular weight is 294 g/mol. The summed E-state index contributed by atoms with van der Waals surface area (Å²) < 4.78 is 1.69. The van der Waals surface area contributed by atoms with E-state index in [1.165, 1.54) is 0 Å². The molecule has 2 rings (SSSR count). The highest BCUT2D eigenvalue weighted by molar-refractivity contribution is 7.09. The number of aryl methyl sites for hydroxylation is 1. The third-order valence-corrected chi connectivity index (χ3v) is 4.36. The summed E-state index contributed by atoms with van der Waals surface area (Å²) in [5, 5.41) is 21.0. The van der Waals surface area contributed by atoms with Crippen LogP contribution in [0.3, 0.4) is 0 Å². The molecule has 2 heterocycles. The summed E-state index contributed by atoms with van der Waals surface area (Å²) in [6.07, 6.45) is 3.53. The van der Waals surface area contributed by atoms with Crippen LogP contribution in [0.2, 0.25) is 0 Å². The number of nitrogens with zero attached hydrogens (tertiary/aromatic N) is 3. The molecule has 2 aromatic heterocycles. The standard InChI is InChI=1S/C14H22N4OS/c1-10(2)13-17-12(8-20-13)6-15-9-14(3,19)11-5-16-18(4)7-11/h5,7-8,10,15,19H,6,9H2,1-4H3. The number of hydrogen-bond donors (Lipinski definition) is 2. The van der Waals surface area contributed by atoms with E-state index in [4.69, 9.17) is 0 Å². The number of aromatic nitrogens is 3. The molecule has 5 nitrogen and oxygen atoms in total. The average Bonchev–Trinajstić information content (AvgIpc) is 2.98. The van der Waals surface area contributed by atoms with E-state index >= 15 is 0 Å². The maximum Gasteiger partial charge on any atom is 0.102 e. The molecule has 0 aliphatic carbocycles. The predicted molar refractivity (Wildman–Crippen MR) is 80.7 cm³/mol. The normalized spacial score (nSPS) is 14.7. The van der Waals surface area contributed by atoms with Gasteiger partial charge in [-0.3, -0.25) is 4.68 Å². The van der Waals surface area contributed by atoms with Crippen molar-refractivity contribution in [3.63, 3.8) is 0 Å². The fourth-order valence-corrected chi connectivity index (χ4v) is 2.74. The van der Waals surface area contributed by atoms with Gasteiger partial charge in [-0.25, -0.2) is 4.98 Å². The highest BCUT2D eigenvalue weighted by Gasteiger charge is 2.24. The van der Waals surface area contributed by atoms with Gasteiger partial charge in [0.1, 0.15) is 5.60 Å². The molecule has 0 aromatic carbocycles. The van der Waals surface area contributed by atoms with Crippen LogP contribution in [0.4, 0.5) is 0 Å². The van der Waals surface area contributed by atoms with Crippen LogP contribution in [0, 0.1) is 0 Å². The minimum atomic E-state index is -0.925. The Kier molecular flexibility index (Phi) is 4.57. The lowest BCUT2D eigenvalue weighted by atomic mass is 10.00. The molecule has 2 N–H and O–H groups in total. The van der Waals surface area contributed by atoms with Gasteiger partial charge in [0.15, 0.2) is 0 Å². The summed E-state index contributed by atoms with van der Waals surface area (Å²) in [6, 6.07) is 0. The molecule has 6 heteroatoms. The number of rotatable bonds is 6. The van der Waals surface area contributed by atoms with E-state index < -0.39 is 5.60 Å². The van der Waals surface area contributed by atoms with Crippen LogP contribution in [-0.4, -0.2) is 26.4 Å². The van der Waals surface area contributed by atoms with Crippen molar-refractivity contribution in [1.82, 2.24) is 20.1 Å². The van der Waals surface area contributed by atoms with Gasteiger partial charge in [-0.2, -0.15) is 5.10 Å². The zero-order valence-electron chi connectivity index (χ0n) is 12.4. The zero-order valence-corrected chi connectivity index (χ0v) is 13.2. The van der Waals surface area contributed by atoms with Crippen molar-refractivity contribution < 1.29 is 5.11 Å². The third-order valence-electron chi connectivity index (χ3n) is 3.17. The van der Waals surface area contributed by atoms with E-state index in [1.807, 2.05) is 13.2 Å². The lowest BCUT2D eigenvalue weighted by Crippen LogP contribution is -2.34. The SMILES string of the molecule is CC(C)c1nc(CNCC(C)(O)c2cnn(C)c2)cs1. The Labute approximate surface area is 123 Å². The summed E-state index contributed by atoms with van der Waals surface area (Å²) in [5.74, 6) is 0.465. The number of thiazole rings is 1. The van der Waals surface area contributed by atoms with Crippen LogP contribution in [0.15, 0.2) is 17.8 Å². The zero-order chi connectivity index (χ0) is 14.8. The maximum absolute atomic E-state index is 10.4. The molecule has 2 aromatic rings. The van der Waals surface area contributed by atoms with Gasteiger partial charge in [-0.15, -0.1) is 11.3 Å². The second-order valence-corrected chi connectivity index (χ2v) is 6.50. The van der Waals surface area contributed by atoms with Gasteiger partial charge in [0.25, 0.3) is 0 Å². The topological polar surface area (TPSA) is 63.0 Å². The molecule has 20 heavy (non-hydrogen) atoms. The van der Waals surface area contributed by atoms with Crippen molar-refractivity contribution in [1.29, 1.82) is 0 Å². The number of aliphatic hydroxyl groups is 1. The molecule has 1 unspecified atom stereocenters. The first kappa shape index (κ1) is 15.2. The molecular weight excluding hydrogens is 272 g/mol. The summed E-state index contributed by atoms with van der Waals surface area (Å²) >= 11 is 1.69. The van der Waals surface area contributed by atoms with Crippen molar-refractivity contribution in [3.8, 4) is 0 Å². The highest BCUT2D eigenvalue weighted by Crippen LogP contribution is 2.20. The van der Waals surface area contributed by atoms with Crippen molar-refractivity contribution >= 4 is 11.3 Å². The molecule has 0 aliphatic rings. The van der Waals surface area contributed by atoms with Crippen LogP contribution in [-0.2, 0) is 19.2 Å². The smallest absolute Gasteiger partial charge is 0.102 e. The Balaban J connectivity index is 1.88. The van der Waals surface area contributed by atoms with Gasteiger partial charge in [0, 0.05) is 43.2 Å². The third kappa shape index (κ3) is 3.65. The molecule has 0 bridgehead atoms. The molecule has 0 spiro atoms. The van der Waals surface area contributed by atoms with Crippen LogP contribution in [0.5, 0.6) is 0 Å².